The van der Waals surface area contributed by atoms with E-state index in [0.717, 1.165) is 6.42 Å². The van der Waals surface area contributed by atoms with Crippen LogP contribution in [0.2, 0.25) is 0 Å². The van der Waals surface area contributed by atoms with Gasteiger partial charge in [0.1, 0.15) is 5.75 Å². The summed E-state index contributed by atoms with van der Waals surface area (Å²) in [6.07, 6.45) is 0.713. The number of carbonyl (C=O) groups excluding carboxylic acids is 4. The summed E-state index contributed by atoms with van der Waals surface area (Å²) in [7, 11) is 1.52. The lowest BCUT2D eigenvalue weighted by Crippen LogP contribution is -2.37. The first-order valence-electron chi connectivity index (χ1n) is 10.0. The fourth-order valence-corrected chi connectivity index (χ4v) is 6.82. The van der Waals surface area contributed by atoms with Crippen LogP contribution < -0.4 is 10.1 Å². The van der Waals surface area contributed by atoms with Gasteiger partial charge in [-0.1, -0.05) is 37.9 Å². The summed E-state index contributed by atoms with van der Waals surface area (Å²) in [6.45, 7) is -0.482. The topological polar surface area (TPSA) is 102 Å². The number of nitrogens with zero attached hydrogens (tertiary/aromatic N) is 1. The zero-order chi connectivity index (χ0) is 22.3. The highest BCUT2D eigenvalue weighted by Crippen LogP contribution is 2.60. The summed E-state index contributed by atoms with van der Waals surface area (Å²) in [5, 5.41) is 2.61. The summed E-state index contributed by atoms with van der Waals surface area (Å²) in [4.78, 5) is 51.2. The number of amides is 3. The number of anilines is 1. The maximum absolute atomic E-state index is 12.8. The Morgan fingerprint density at radius 3 is 2.39 bits per heavy atom. The molecule has 10 heteroatoms. The van der Waals surface area contributed by atoms with Crippen LogP contribution in [0.4, 0.5) is 5.69 Å². The molecule has 31 heavy (non-hydrogen) atoms. The van der Waals surface area contributed by atoms with E-state index in [1.54, 1.807) is 24.3 Å². The van der Waals surface area contributed by atoms with E-state index in [9.17, 15) is 19.2 Å². The molecule has 3 fully saturated rings. The van der Waals surface area contributed by atoms with Crippen molar-refractivity contribution in [1.29, 1.82) is 0 Å². The van der Waals surface area contributed by atoms with Gasteiger partial charge in [-0.3, -0.25) is 24.1 Å². The minimum atomic E-state index is -0.641. The normalized spacial score (nSPS) is 31.0. The van der Waals surface area contributed by atoms with Crippen LogP contribution in [0.25, 0.3) is 0 Å². The molecule has 1 aromatic rings. The quantitative estimate of drug-likeness (QED) is 0.314. The van der Waals surface area contributed by atoms with E-state index in [1.165, 1.54) is 12.0 Å². The Morgan fingerprint density at radius 1 is 1.13 bits per heavy atom. The Balaban J connectivity index is 1.25. The molecule has 2 saturated carbocycles. The average molecular weight is 558 g/mol. The molecule has 0 spiro atoms. The number of fused-ring (bicyclic) bond motifs is 5. The summed E-state index contributed by atoms with van der Waals surface area (Å²) in [5.41, 5.74) is 0.519. The molecule has 0 aromatic heterocycles. The first kappa shape index (κ1) is 22.3. The minimum absolute atomic E-state index is 0.0274. The van der Waals surface area contributed by atoms with Crippen molar-refractivity contribution in [1.82, 2.24) is 4.90 Å². The fourth-order valence-electron chi connectivity index (χ4n) is 4.95. The number of carbonyl (C=O) groups is 4. The first-order valence-corrected chi connectivity index (χ1v) is 11.9. The lowest BCUT2D eigenvalue weighted by Gasteiger charge is -2.28. The molecule has 1 N–H and O–H groups in total. The summed E-state index contributed by atoms with van der Waals surface area (Å²) >= 11 is 7.29. The van der Waals surface area contributed by atoms with Crippen molar-refractivity contribution in [3.63, 3.8) is 0 Å². The van der Waals surface area contributed by atoms with Crippen LogP contribution in [0, 0.1) is 23.7 Å². The number of alkyl halides is 2. The van der Waals surface area contributed by atoms with Crippen LogP contribution in [-0.2, 0) is 23.9 Å². The number of ether oxygens (including phenoxy) is 2. The Kier molecular flexibility index (Phi) is 6.39. The maximum atomic E-state index is 12.8. The van der Waals surface area contributed by atoms with Crippen LogP contribution >= 0.6 is 31.9 Å². The minimum Gasteiger partial charge on any atom is -0.497 e. The van der Waals surface area contributed by atoms with E-state index in [-0.39, 0.29) is 58.1 Å². The third-order valence-electron chi connectivity index (χ3n) is 6.34. The van der Waals surface area contributed by atoms with E-state index >= 15 is 0 Å². The molecule has 1 aromatic carbocycles. The molecule has 4 rings (SSSR count). The molecular weight excluding hydrogens is 536 g/mol. The van der Waals surface area contributed by atoms with Gasteiger partial charge in [0.05, 0.1) is 25.4 Å². The predicted molar refractivity (Wildman–Crippen MR) is 118 cm³/mol. The number of hydrogen-bond donors (Lipinski definition) is 1. The molecule has 1 aliphatic heterocycles. The zero-order valence-corrected chi connectivity index (χ0v) is 19.9. The smallest absolute Gasteiger partial charge is 0.308 e. The molecule has 0 radical (unpaired) electrons. The van der Waals surface area contributed by atoms with E-state index in [1.807, 2.05) is 0 Å². The summed E-state index contributed by atoms with van der Waals surface area (Å²) in [6, 6.07) is 6.79. The van der Waals surface area contributed by atoms with Crippen molar-refractivity contribution in [3.8, 4) is 5.75 Å². The number of imide groups is 1. The summed E-state index contributed by atoms with van der Waals surface area (Å²) < 4.78 is 10.1. The summed E-state index contributed by atoms with van der Waals surface area (Å²) in [5.74, 6) is -1.29. The molecule has 2 bridgehead atoms. The van der Waals surface area contributed by atoms with Crippen molar-refractivity contribution < 1.29 is 28.7 Å². The van der Waals surface area contributed by atoms with Crippen LogP contribution in [0.15, 0.2) is 24.3 Å². The predicted octanol–water partition coefficient (Wildman–Crippen LogP) is 2.34. The SMILES string of the molecule is COc1cccc(NC(=O)COC(=O)CCN2C(=O)[C@@H]3[C@H]4C[C@@H]([C@H](Br)[C@H]4Br)[C@@H]3C2=O)c1. The number of nitrogens with one attached hydrogen (secondary N) is 1. The van der Waals surface area contributed by atoms with Gasteiger partial charge in [-0.2, -0.15) is 0 Å². The van der Waals surface area contributed by atoms with Crippen molar-refractivity contribution in [3.05, 3.63) is 24.3 Å². The fraction of sp³-hybridized carbons (Fsp3) is 0.524. The second-order valence-electron chi connectivity index (χ2n) is 8.02. The molecule has 166 valence electrons. The molecule has 8 nitrogen and oxygen atoms in total. The number of hydrogen-bond acceptors (Lipinski definition) is 6. The van der Waals surface area contributed by atoms with Gasteiger partial charge < -0.3 is 14.8 Å². The highest BCUT2D eigenvalue weighted by atomic mass is 79.9. The maximum Gasteiger partial charge on any atom is 0.308 e. The molecule has 2 aliphatic carbocycles. The second kappa shape index (κ2) is 8.90. The Hall–Kier alpha value is -1.94. The number of esters is 1. The molecule has 6 atom stereocenters. The number of benzene rings is 1. The molecule has 3 aliphatic rings. The van der Waals surface area contributed by atoms with Gasteiger partial charge in [0, 0.05) is 28.0 Å². The monoisotopic (exact) mass is 556 g/mol. The highest BCUT2D eigenvalue weighted by Gasteiger charge is 2.66. The van der Waals surface area contributed by atoms with Gasteiger partial charge >= 0.3 is 5.97 Å². The Bertz CT molecular complexity index is 893. The average Bonchev–Trinajstić information content (AvgIpc) is 3.36. The van der Waals surface area contributed by atoms with E-state index in [2.05, 4.69) is 37.2 Å². The van der Waals surface area contributed by atoms with Gasteiger partial charge in [-0.25, -0.2) is 0 Å². The largest absolute Gasteiger partial charge is 0.497 e. The third kappa shape index (κ3) is 4.11. The Labute approximate surface area is 196 Å². The standard InChI is InChI=1S/C21H22Br2N2O6/c1-30-11-4-2-3-10(7-11)24-14(26)9-31-15(27)5-6-25-20(28)16-12-8-13(17(16)21(25)29)19(23)18(12)22/h2-4,7,12-13,16-19H,5-6,8-9H2,1H3,(H,24,26)/t12-,13-,16-,17+,18+,19+/m1/s1. The van der Waals surface area contributed by atoms with Crippen LogP contribution in [0.3, 0.4) is 0 Å². The van der Waals surface area contributed by atoms with Gasteiger partial charge in [0.15, 0.2) is 6.61 Å². The van der Waals surface area contributed by atoms with Crippen LogP contribution in [-0.4, -0.2) is 58.5 Å². The Morgan fingerprint density at radius 2 is 1.77 bits per heavy atom. The molecular formula is C21H22Br2N2O6. The number of rotatable bonds is 7. The third-order valence-corrected chi connectivity index (χ3v) is 9.54. The lowest BCUT2D eigenvalue weighted by atomic mass is 9.81. The van der Waals surface area contributed by atoms with Crippen molar-refractivity contribution in [2.75, 3.05) is 25.6 Å². The molecule has 1 heterocycles. The second-order valence-corrected chi connectivity index (χ2v) is 10.1. The van der Waals surface area contributed by atoms with Gasteiger partial charge in [-0.05, 0) is 30.4 Å². The number of methoxy groups -OCH3 is 1. The van der Waals surface area contributed by atoms with Crippen molar-refractivity contribution in [2.45, 2.75) is 22.5 Å². The molecule has 3 amide bonds. The number of halogens is 2. The van der Waals surface area contributed by atoms with Gasteiger partial charge in [0.25, 0.3) is 5.91 Å². The zero-order valence-electron chi connectivity index (χ0n) is 16.8. The number of likely N-dealkylation sites (tertiary alicyclic amines) is 1. The van der Waals surface area contributed by atoms with Crippen molar-refractivity contribution >= 4 is 61.2 Å². The van der Waals surface area contributed by atoms with E-state index in [4.69, 9.17) is 9.47 Å². The van der Waals surface area contributed by atoms with Crippen LogP contribution in [0.1, 0.15) is 12.8 Å². The van der Waals surface area contributed by atoms with Gasteiger partial charge in [-0.15, -0.1) is 0 Å². The molecule has 0 unspecified atom stereocenters. The van der Waals surface area contributed by atoms with E-state index < -0.39 is 18.5 Å². The first-order chi connectivity index (χ1) is 14.8. The van der Waals surface area contributed by atoms with Gasteiger partial charge in [0.2, 0.25) is 11.8 Å². The van der Waals surface area contributed by atoms with Crippen molar-refractivity contribution in [2.24, 2.45) is 23.7 Å². The van der Waals surface area contributed by atoms with E-state index in [0.29, 0.717) is 11.4 Å². The van der Waals surface area contributed by atoms with Crippen LogP contribution in [0.5, 0.6) is 5.75 Å². The highest BCUT2D eigenvalue weighted by molar-refractivity contribution is 9.12. The lowest BCUT2D eigenvalue weighted by molar-refractivity contribution is -0.149. The molecule has 1 saturated heterocycles.